The van der Waals surface area contributed by atoms with Gasteiger partial charge in [0.2, 0.25) is 0 Å². The lowest BCUT2D eigenvalue weighted by molar-refractivity contribution is 0.0943. The summed E-state index contributed by atoms with van der Waals surface area (Å²) in [4.78, 5) is 17.4. The summed E-state index contributed by atoms with van der Waals surface area (Å²) >= 11 is 1.52. The molecule has 0 saturated heterocycles. The first-order chi connectivity index (χ1) is 10.8. The quantitative estimate of drug-likeness (QED) is 0.778. The molecule has 1 atom stereocenters. The van der Waals surface area contributed by atoms with E-state index in [-0.39, 0.29) is 11.9 Å². The second-order valence-corrected chi connectivity index (χ2v) is 6.28. The van der Waals surface area contributed by atoms with E-state index in [2.05, 4.69) is 39.9 Å². The first kappa shape index (κ1) is 13.5. The highest BCUT2D eigenvalue weighted by Gasteiger charge is 2.20. The number of fused-ring (bicyclic) bond motifs is 2. The van der Waals surface area contributed by atoms with Gasteiger partial charge in [0.15, 0.2) is 0 Å². The van der Waals surface area contributed by atoms with Gasteiger partial charge in [0.05, 0.1) is 6.20 Å². The fourth-order valence-electron chi connectivity index (χ4n) is 2.95. The summed E-state index contributed by atoms with van der Waals surface area (Å²) in [6, 6.07) is 8.59. The number of nitrogens with one attached hydrogen (secondary N) is 2. The fourth-order valence-corrected chi connectivity index (χ4v) is 3.78. The molecule has 6 heteroatoms. The van der Waals surface area contributed by atoms with E-state index in [0.717, 1.165) is 17.8 Å². The van der Waals surface area contributed by atoms with Gasteiger partial charge in [0.1, 0.15) is 16.9 Å². The van der Waals surface area contributed by atoms with Gasteiger partial charge in [0, 0.05) is 18.0 Å². The van der Waals surface area contributed by atoms with Crippen molar-refractivity contribution < 1.29 is 4.79 Å². The van der Waals surface area contributed by atoms with Gasteiger partial charge in [-0.15, -0.1) is 11.3 Å². The normalized spacial score (nSPS) is 17.4. The Bertz CT molecular complexity index is 822. The molecule has 1 aliphatic heterocycles. The van der Waals surface area contributed by atoms with Gasteiger partial charge in [0.25, 0.3) is 5.91 Å². The van der Waals surface area contributed by atoms with Crippen molar-refractivity contribution in [2.75, 3.05) is 13.1 Å². The van der Waals surface area contributed by atoms with Crippen LogP contribution in [0.5, 0.6) is 0 Å². The van der Waals surface area contributed by atoms with Crippen LogP contribution in [0.1, 0.15) is 27.7 Å². The third-order valence-corrected chi connectivity index (χ3v) is 4.96. The Kier molecular flexibility index (Phi) is 3.40. The zero-order chi connectivity index (χ0) is 14.9. The predicted octanol–water partition coefficient (Wildman–Crippen LogP) is 2.01. The number of rotatable bonds is 3. The van der Waals surface area contributed by atoms with Crippen molar-refractivity contribution >= 4 is 22.1 Å². The van der Waals surface area contributed by atoms with Gasteiger partial charge in [-0.2, -0.15) is 0 Å². The van der Waals surface area contributed by atoms with Crippen molar-refractivity contribution in [1.29, 1.82) is 0 Å². The molecule has 5 nitrogen and oxygen atoms in total. The Hall–Kier alpha value is -2.18. The minimum absolute atomic E-state index is 0.0610. The maximum Gasteiger partial charge on any atom is 0.269 e. The smallest absolute Gasteiger partial charge is 0.269 e. The van der Waals surface area contributed by atoms with Crippen LogP contribution in [0, 0.1) is 0 Å². The number of carbonyl (C=O) groups excluding carboxylic acids is 1. The fraction of sp³-hybridized carbons (Fsp3) is 0.250. The number of carbonyl (C=O) groups is 1. The van der Waals surface area contributed by atoms with Gasteiger partial charge in [-0.25, -0.2) is 4.98 Å². The molecule has 0 fully saturated rings. The molecule has 0 bridgehead atoms. The number of thiazole rings is 1. The van der Waals surface area contributed by atoms with E-state index < -0.39 is 0 Å². The summed E-state index contributed by atoms with van der Waals surface area (Å²) in [7, 11) is 0. The molecule has 0 saturated carbocycles. The van der Waals surface area contributed by atoms with Gasteiger partial charge < -0.3 is 10.6 Å². The number of hydrogen-bond donors (Lipinski definition) is 2. The highest BCUT2D eigenvalue weighted by atomic mass is 32.1. The Morgan fingerprint density at radius 2 is 2.36 bits per heavy atom. The van der Waals surface area contributed by atoms with Gasteiger partial charge in [-0.05, 0) is 24.1 Å². The first-order valence-corrected chi connectivity index (χ1v) is 8.20. The molecule has 1 aliphatic rings. The Labute approximate surface area is 132 Å². The number of aromatic nitrogens is 2. The van der Waals surface area contributed by atoms with Crippen molar-refractivity contribution in [3.8, 4) is 0 Å². The van der Waals surface area contributed by atoms with Crippen LogP contribution in [0.3, 0.4) is 0 Å². The molecule has 2 N–H and O–H groups in total. The summed E-state index contributed by atoms with van der Waals surface area (Å²) in [5.41, 5.74) is 3.29. The minimum atomic E-state index is -0.0610. The van der Waals surface area contributed by atoms with Crippen LogP contribution >= 0.6 is 11.3 Å². The van der Waals surface area contributed by atoms with E-state index in [0.29, 0.717) is 12.2 Å². The highest BCUT2D eigenvalue weighted by Crippen LogP contribution is 2.22. The van der Waals surface area contributed by atoms with Gasteiger partial charge >= 0.3 is 0 Å². The van der Waals surface area contributed by atoms with E-state index in [1.54, 1.807) is 12.5 Å². The van der Waals surface area contributed by atoms with E-state index in [1.807, 2.05) is 9.78 Å². The summed E-state index contributed by atoms with van der Waals surface area (Å²) in [5.74, 6) is -0.0610. The van der Waals surface area contributed by atoms with Crippen LogP contribution < -0.4 is 10.6 Å². The molecule has 0 aliphatic carbocycles. The van der Waals surface area contributed by atoms with E-state index in [9.17, 15) is 4.79 Å². The van der Waals surface area contributed by atoms with E-state index >= 15 is 0 Å². The molecule has 1 unspecified atom stereocenters. The second kappa shape index (κ2) is 5.55. The lowest BCUT2D eigenvalue weighted by Crippen LogP contribution is -2.39. The monoisotopic (exact) mass is 312 g/mol. The first-order valence-electron chi connectivity index (χ1n) is 7.32. The average molecular weight is 312 g/mol. The summed E-state index contributed by atoms with van der Waals surface area (Å²) in [6.45, 7) is 1.53. The molecule has 22 heavy (non-hydrogen) atoms. The number of benzene rings is 1. The molecule has 1 amide bonds. The summed E-state index contributed by atoms with van der Waals surface area (Å²) in [6.07, 6.45) is 4.48. The maximum atomic E-state index is 12.4. The SMILES string of the molecule is O=C(NCC1NCCc2ccccc21)c1csc2cncn12. The number of hydrogen-bond acceptors (Lipinski definition) is 4. The van der Waals surface area contributed by atoms with E-state index in [1.165, 1.54) is 22.5 Å². The largest absolute Gasteiger partial charge is 0.349 e. The molecule has 4 rings (SSSR count). The van der Waals surface area contributed by atoms with Gasteiger partial charge in [-0.3, -0.25) is 9.20 Å². The predicted molar refractivity (Wildman–Crippen MR) is 86.3 cm³/mol. The molecule has 0 spiro atoms. The van der Waals surface area contributed by atoms with Gasteiger partial charge in [-0.1, -0.05) is 24.3 Å². The van der Waals surface area contributed by atoms with Crippen LogP contribution in [0.25, 0.3) is 4.83 Å². The molecule has 3 heterocycles. The molecule has 2 aromatic heterocycles. The molecule has 112 valence electrons. The third kappa shape index (κ3) is 2.30. The summed E-state index contributed by atoms with van der Waals surface area (Å²) in [5, 5.41) is 8.38. The highest BCUT2D eigenvalue weighted by molar-refractivity contribution is 7.15. The lowest BCUT2D eigenvalue weighted by atomic mass is 9.94. The van der Waals surface area contributed by atoms with Crippen molar-refractivity contribution in [3.05, 3.63) is 59.0 Å². The van der Waals surface area contributed by atoms with Crippen LogP contribution in [0.15, 0.2) is 42.2 Å². The zero-order valence-electron chi connectivity index (χ0n) is 12.0. The number of imidazole rings is 1. The maximum absolute atomic E-state index is 12.4. The average Bonchev–Trinajstić information content (AvgIpc) is 3.15. The molecule has 1 aromatic carbocycles. The van der Waals surface area contributed by atoms with Crippen molar-refractivity contribution in [2.24, 2.45) is 0 Å². The van der Waals surface area contributed by atoms with Crippen LogP contribution in [-0.2, 0) is 6.42 Å². The number of amides is 1. The van der Waals surface area contributed by atoms with E-state index in [4.69, 9.17) is 0 Å². The molecule has 0 radical (unpaired) electrons. The lowest BCUT2D eigenvalue weighted by Gasteiger charge is -2.27. The molecule has 3 aromatic rings. The van der Waals surface area contributed by atoms with Crippen LogP contribution in [0.4, 0.5) is 0 Å². The standard InChI is InChI=1S/C16H16N4OS/c21-16(14-9-22-15-8-17-10-20(14)15)19-7-13-12-4-2-1-3-11(12)5-6-18-13/h1-4,8-10,13,18H,5-7H2,(H,19,21). The second-order valence-electron chi connectivity index (χ2n) is 5.39. The number of nitrogens with zero attached hydrogens (tertiary/aromatic N) is 2. The van der Waals surface area contributed by atoms with Crippen molar-refractivity contribution in [2.45, 2.75) is 12.5 Å². The Morgan fingerprint density at radius 3 is 3.32 bits per heavy atom. The van der Waals surface area contributed by atoms with Crippen LogP contribution in [-0.4, -0.2) is 28.4 Å². The zero-order valence-corrected chi connectivity index (χ0v) is 12.8. The molecular formula is C16H16N4OS. The minimum Gasteiger partial charge on any atom is -0.349 e. The van der Waals surface area contributed by atoms with Crippen molar-refractivity contribution in [3.63, 3.8) is 0 Å². The molecular weight excluding hydrogens is 296 g/mol. The van der Waals surface area contributed by atoms with Crippen molar-refractivity contribution in [1.82, 2.24) is 20.0 Å². The Morgan fingerprint density at radius 1 is 1.45 bits per heavy atom. The topological polar surface area (TPSA) is 58.4 Å². The summed E-state index contributed by atoms with van der Waals surface area (Å²) < 4.78 is 1.82. The van der Waals surface area contributed by atoms with Crippen LogP contribution in [0.2, 0.25) is 0 Å². The Balaban J connectivity index is 1.49. The third-order valence-electron chi connectivity index (χ3n) is 4.07.